The molecule has 0 radical (unpaired) electrons. The fourth-order valence-corrected chi connectivity index (χ4v) is 2.10. The van der Waals surface area contributed by atoms with Crippen LogP contribution in [0.1, 0.15) is 45.7 Å². The Labute approximate surface area is 113 Å². The zero-order chi connectivity index (χ0) is 13.2. The van der Waals surface area contributed by atoms with E-state index in [0.717, 1.165) is 10.9 Å². The monoisotopic (exact) mass is 298 g/mol. The van der Waals surface area contributed by atoms with Crippen molar-refractivity contribution in [2.24, 2.45) is 5.73 Å². The molecule has 0 bridgehead atoms. The number of nitrogens with zero attached hydrogens (tertiary/aromatic N) is 1. The van der Waals surface area contributed by atoms with Crippen LogP contribution in [0.3, 0.4) is 0 Å². The number of benzene rings is 1. The summed E-state index contributed by atoms with van der Waals surface area (Å²) in [7, 11) is 2.14. The number of hydrogen-bond donors (Lipinski definition) is 1. The molecule has 2 nitrogen and oxygen atoms in total. The Morgan fingerprint density at radius 1 is 1.41 bits per heavy atom. The van der Waals surface area contributed by atoms with E-state index in [1.54, 1.807) is 0 Å². The van der Waals surface area contributed by atoms with Gasteiger partial charge >= 0.3 is 0 Å². The highest BCUT2D eigenvalue weighted by atomic mass is 79.9. The molecule has 1 aromatic carbocycles. The van der Waals surface area contributed by atoms with E-state index < -0.39 is 0 Å². The molecule has 1 atom stereocenters. The van der Waals surface area contributed by atoms with Crippen LogP contribution in [0.25, 0.3) is 0 Å². The van der Waals surface area contributed by atoms with Gasteiger partial charge in [0.15, 0.2) is 0 Å². The van der Waals surface area contributed by atoms with Gasteiger partial charge in [-0.1, -0.05) is 28.9 Å². The lowest BCUT2D eigenvalue weighted by Crippen LogP contribution is -2.41. The second kappa shape index (κ2) is 5.40. The molecule has 2 N–H and O–H groups in total. The van der Waals surface area contributed by atoms with E-state index in [9.17, 15) is 0 Å². The Kier molecular flexibility index (Phi) is 4.62. The molecule has 0 aliphatic carbocycles. The highest BCUT2D eigenvalue weighted by molar-refractivity contribution is 9.10. The van der Waals surface area contributed by atoms with Gasteiger partial charge in [0.2, 0.25) is 0 Å². The molecule has 0 spiro atoms. The standard InChI is InChI=1S/C14H23BrN2/c1-6-14(3,4)17(5)13-9-11(15)7-8-12(13)10(2)16/h7-10H,6,16H2,1-5H3. The molecule has 0 fully saturated rings. The summed E-state index contributed by atoms with van der Waals surface area (Å²) in [5.41, 5.74) is 8.58. The summed E-state index contributed by atoms with van der Waals surface area (Å²) in [6, 6.07) is 6.35. The molecule has 0 saturated heterocycles. The topological polar surface area (TPSA) is 29.3 Å². The zero-order valence-electron chi connectivity index (χ0n) is 11.4. The van der Waals surface area contributed by atoms with Crippen LogP contribution in [0, 0.1) is 0 Å². The van der Waals surface area contributed by atoms with E-state index in [1.807, 2.05) is 6.92 Å². The van der Waals surface area contributed by atoms with Crippen LogP contribution in [0.5, 0.6) is 0 Å². The van der Waals surface area contributed by atoms with Gasteiger partial charge in [-0.2, -0.15) is 0 Å². The summed E-state index contributed by atoms with van der Waals surface area (Å²) < 4.78 is 1.09. The van der Waals surface area contributed by atoms with Crippen molar-refractivity contribution in [3.05, 3.63) is 28.2 Å². The van der Waals surface area contributed by atoms with E-state index in [1.165, 1.54) is 11.3 Å². The number of halogens is 1. The SMILES string of the molecule is CCC(C)(C)N(C)c1cc(Br)ccc1C(C)N. The second-order valence-corrected chi connectivity index (χ2v) is 6.13. The Morgan fingerprint density at radius 2 is 2.00 bits per heavy atom. The fourth-order valence-electron chi connectivity index (χ4n) is 1.76. The highest BCUT2D eigenvalue weighted by Crippen LogP contribution is 2.33. The number of nitrogens with two attached hydrogens (primary N) is 1. The van der Waals surface area contributed by atoms with Crippen molar-refractivity contribution in [3.63, 3.8) is 0 Å². The third kappa shape index (κ3) is 3.23. The lowest BCUT2D eigenvalue weighted by molar-refractivity contribution is 0.469. The minimum Gasteiger partial charge on any atom is -0.369 e. The summed E-state index contributed by atoms with van der Waals surface area (Å²) in [4.78, 5) is 2.32. The molecule has 0 aliphatic rings. The van der Waals surface area contributed by atoms with Gasteiger partial charge in [0.25, 0.3) is 0 Å². The van der Waals surface area contributed by atoms with Crippen molar-refractivity contribution in [3.8, 4) is 0 Å². The third-order valence-corrected chi connectivity index (χ3v) is 4.11. The van der Waals surface area contributed by atoms with Gasteiger partial charge in [-0.25, -0.2) is 0 Å². The Hall–Kier alpha value is -0.540. The number of anilines is 1. The van der Waals surface area contributed by atoms with E-state index >= 15 is 0 Å². The molecule has 1 aromatic rings. The van der Waals surface area contributed by atoms with Gasteiger partial charge in [0, 0.05) is 28.8 Å². The van der Waals surface area contributed by atoms with E-state index in [2.05, 4.69) is 66.8 Å². The molecule has 0 aromatic heterocycles. The van der Waals surface area contributed by atoms with Crippen molar-refractivity contribution >= 4 is 21.6 Å². The Balaban J connectivity index is 3.24. The molecular weight excluding hydrogens is 276 g/mol. The van der Waals surface area contributed by atoms with Gasteiger partial charge in [-0.15, -0.1) is 0 Å². The van der Waals surface area contributed by atoms with Gasteiger partial charge in [0.05, 0.1) is 0 Å². The molecule has 1 unspecified atom stereocenters. The van der Waals surface area contributed by atoms with E-state index in [0.29, 0.717) is 0 Å². The fraction of sp³-hybridized carbons (Fsp3) is 0.571. The van der Waals surface area contributed by atoms with Crippen LogP contribution < -0.4 is 10.6 Å². The van der Waals surface area contributed by atoms with Gasteiger partial charge in [-0.3, -0.25) is 0 Å². The zero-order valence-corrected chi connectivity index (χ0v) is 13.0. The molecule has 0 heterocycles. The summed E-state index contributed by atoms with van der Waals surface area (Å²) >= 11 is 3.53. The average Bonchev–Trinajstić information content (AvgIpc) is 2.27. The quantitative estimate of drug-likeness (QED) is 0.907. The molecule has 1 rings (SSSR count). The van der Waals surface area contributed by atoms with Crippen LogP contribution in [0.2, 0.25) is 0 Å². The molecule has 96 valence electrons. The second-order valence-electron chi connectivity index (χ2n) is 5.22. The van der Waals surface area contributed by atoms with Crippen molar-refractivity contribution < 1.29 is 0 Å². The van der Waals surface area contributed by atoms with Crippen LogP contribution in [-0.4, -0.2) is 12.6 Å². The summed E-state index contributed by atoms with van der Waals surface area (Å²) in [6.45, 7) is 8.73. The number of hydrogen-bond acceptors (Lipinski definition) is 2. The number of rotatable bonds is 4. The summed E-state index contributed by atoms with van der Waals surface area (Å²) in [6.07, 6.45) is 1.09. The van der Waals surface area contributed by atoms with Crippen molar-refractivity contribution in [2.75, 3.05) is 11.9 Å². The Morgan fingerprint density at radius 3 is 2.47 bits per heavy atom. The first-order valence-corrected chi connectivity index (χ1v) is 6.87. The molecule has 0 saturated carbocycles. The van der Waals surface area contributed by atoms with Crippen LogP contribution in [0.15, 0.2) is 22.7 Å². The lowest BCUT2D eigenvalue weighted by Gasteiger charge is -2.38. The largest absolute Gasteiger partial charge is 0.369 e. The first-order valence-electron chi connectivity index (χ1n) is 6.08. The van der Waals surface area contributed by atoms with Crippen molar-refractivity contribution in [1.29, 1.82) is 0 Å². The third-order valence-electron chi connectivity index (χ3n) is 3.62. The van der Waals surface area contributed by atoms with Crippen LogP contribution >= 0.6 is 15.9 Å². The maximum Gasteiger partial charge on any atom is 0.0427 e. The van der Waals surface area contributed by atoms with E-state index in [4.69, 9.17) is 5.73 Å². The lowest BCUT2D eigenvalue weighted by atomic mass is 9.96. The Bertz CT molecular complexity index is 386. The predicted molar refractivity (Wildman–Crippen MR) is 79.5 cm³/mol. The van der Waals surface area contributed by atoms with Crippen LogP contribution in [-0.2, 0) is 0 Å². The van der Waals surface area contributed by atoms with E-state index in [-0.39, 0.29) is 11.6 Å². The van der Waals surface area contributed by atoms with Gasteiger partial charge in [0.1, 0.15) is 0 Å². The smallest absolute Gasteiger partial charge is 0.0427 e. The molecule has 0 aliphatic heterocycles. The predicted octanol–water partition coefficient (Wildman–Crippen LogP) is 4.09. The molecule has 0 amide bonds. The first-order chi connectivity index (χ1) is 7.79. The van der Waals surface area contributed by atoms with Crippen molar-refractivity contribution in [1.82, 2.24) is 0 Å². The maximum absolute atomic E-state index is 6.05. The first kappa shape index (κ1) is 14.5. The van der Waals surface area contributed by atoms with Gasteiger partial charge < -0.3 is 10.6 Å². The molecule has 17 heavy (non-hydrogen) atoms. The summed E-state index contributed by atoms with van der Waals surface area (Å²) in [5.74, 6) is 0. The minimum absolute atomic E-state index is 0.0493. The van der Waals surface area contributed by atoms with Gasteiger partial charge in [-0.05, 0) is 44.9 Å². The molecule has 3 heteroatoms. The maximum atomic E-state index is 6.05. The average molecular weight is 299 g/mol. The molecular formula is C14H23BrN2. The normalized spacial score (nSPS) is 13.6. The minimum atomic E-state index is 0.0493. The highest BCUT2D eigenvalue weighted by Gasteiger charge is 2.24. The summed E-state index contributed by atoms with van der Waals surface area (Å²) in [5, 5.41) is 0. The van der Waals surface area contributed by atoms with Crippen LogP contribution in [0.4, 0.5) is 5.69 Å². The van der Waals surface area contributed by atoms with Crippen molar-refractivity contribution in [2.45, 2.75) is 45.7 Å².